The van der Waals surface area contributed by atoms with Gasteiger partial charge in [-0.15, -0.1) is 0 Å². The molecule has 2 aliphatic rings. The molecule has 0 aromatic heterocycles. The van der Waals surface area contributed by atoms with E-state index in [1.807, 2.05) is 0 Å². The van der Waals surface area contributed by atoms with E-state index >= 15 is 0 Å². The zero-order valence-electron chi connectivity index (χ0n) is 13.5. The van der Waals surface area contributed by atoms with Crippen molar-refractivity contribution in [2.75, 3.05) is 38.5 Å². The fraction of sp³-hybridized carbons (Fsp3) is 1.00. The number of nitrogens with zero attached hydrogens (tertiary/aromatic N) is 2. The Morgan fingerprint density at radius 2 is 1.86 bits per heavy atom. The van der Waals surface area contributed by atoms with Gasteiger partial charge in [0.05, 0.1) is 18.5 Å². The van der Waals surface area contributed by atoms with E-state index in [1.54, 1.807) is 4.31 Å². The van der Waals surface area contributed by atoms with Gasteiger partial charge in [0.1, 0.15) is 0 Å². The van der Waals surface area contributed by atoms with E-state index in [4.69, 9.17) is 4.74 Å². The SMILES string of the molecule is CCCCCS(=O)(=O)N1CCC(N2CCOC(C)C2)CC1. The number of rotatable bonds is 6. The summed E-state index contributed by atoms with van der Waals surface area (Å²) in [5, 5.41) is 0. The summed E-state index contributed by atoms with van der Waals surface area (Å²) in [6.07, 6.45) is 5.07. The van der Waals surface area contributed by atoms with Crippen LogP contribution in [0.2, 0.25) is 0 Å². The van der Waals surface area contributed by atoms with Crippen LogP contribution in [0.3, 0.4) is 0 Å². The third-order valence-corrected chi connectivity index (χ3v) is 6.57. The molecule has 0 aromatic rings. The number of ether oxygens (including phenoxy) is 1. The van der Waals surface area contributed by atoms with Crippen molar-refractivity contribution in [1.29, 1.82) is 0 Å². The maximum absolute atomic E-state index is 12.3. The van der Waals surface area contributed by atoms with E-state index in [0.29, 0.717) is 31.0 Å². The van der Waals surface area contributed by atoms with E-state index in [0.717, 1.165) is 51.8 Å². The fourth-order valence-electron chi connectivity index (χ4n) is 3.33. The van der Waals surface area contributed by atoms with Gasteiger partial charge in [0.25, 0.3) is 0 Å². The van der Waals surface area contributed by atoms with Crippen molar-refractivity contribution in [3.63, 3.8) is 0 Å². The lowest BCUT2D eigenvalue weighted by molar-refractivity contribution is -0.0406. The van der Waals surface area contributed by atoms with Crippen molar-refractivity contribution in [2.45, 2.75) is 58.1 Å². The third-order valence-electron chi connectivity index (χ3n) is 4.61. The smallest absolute Gasteiger partial charge is 0.214 e. The Bertz CT molecular complexity index is 405. The van der Waals surface area contributed by atoms with Crippen molar-refractivity contribution in [3.8, 4) is 0 Å². The number of sulfonamides is 1. The first-order valence-electron chi connectivity index (χ1n) is 8.36. The number of hydrogen-bond donors (Lipinski definition) is 0. The zero-order chi connectivity index (χ0) is 15.3. The summed E-state index contributed by atoms with van der Waals surface area (Å²) in [6.45, 7) is 8.35. The van der Waals surface area contributed by atoms with Crippen molar-refractivity contribution < 1.29 is 13.2 Å². The number of morpholine rings is 1. The quantitative estimate of drug-likeness (QED) is 0.699. The van der Waals surface area contributed by atoms with Crippen LogP contribution in [0.1, 0.15) is 46.0 Å². The highest BCUT2D eigenvalue weighted by Gasteiger charge is 2.31. The number of unbranched alkanes of at least 4 members (excludes halogenated alkanes) is 2. The minimum absolute atomic E-state index is 0.301. The highest BCUT2D eigenvalue weighted by Crippen LogP contribution is 2.21. The van der Waals surface area contributed by atoms with Crippen LogP contribution in [0.4, 0.5) is 0 Å². The molecule has 5 nitrogen and oxygen atoms in total. The Kier molecular flexibility index (Phi) is 6.47. The summed E-state index contributed by atoms with van der Waals surface area (Å²) in [7, 11) is -3.03. The molecular weight excluding hydrogens is 288 g/mol. The van der Waals surface area contributed by atoms with Gasteiger partial charge in [-0.25, -0.2) is 12.7 Å². The molecule has 6 heteroatoms. The van der Waals surface area contributed by atoms with Crippen LogP contribution >= 0.6 is 0 Å². The second-order valence-corrected chi connectivity index (χ2v) is 8.42. The van der Waals surface area contributed by atoms with Crippen molar-refractivity contribution in [2.24, 2.45) is 0 Å². The van der Waals surface area contributed by atoms with Gasteiger partial charge in [0, 0.05) is 32.2 Å². The first-order chi connectivity index (χ1) is 10.0. The minimum Gasteiger partial charge on any atom is -0.376 e. The topological polar surface area (TPSA) is 49.9 Å². The van der Waals surface area contributed by atoms with Crippen LogP contribution in [-0.4, -0.2) is 68.3 Å². The summed E-state index contributed by atoms with van der Waals surface area (Å²) < 4.78 is 31.9. The highest BCUT2D eigenvalue weighted by atomic mass is 32.2. The molecule has 2 aliphatic heterocycles. The number of piperidine rings is 1. The molecule has 0 N–H and O–H groups in total. The molecule has 1 atom stereocenters. The molecule has 2 rings (SSSR count). The first-order valence-corrected chi connectivity index (χ1v) is 9.97. The standard InChI is InChI=1S/C15H30N2O3S/c1-3-4-5-12-21(18,19)17-8-6-15(7-9-17)16-10-11-20-14(2)13-16/h14-15H,3-13H2,1-2H3. The van der Waals surface area contributed by atoms with Crippen molar-refractivity contribution in [3.05, 3.63) is 0 Å². The summed E-state index contributed by atoms with van der Waals surface area (Å²) in [6, 6.07) is 0.526. The molecule has 21 heavy (non-hydrogen) atoms. The van der Waals surface area contributed by atoms with Crippen LogP contribution in [0.15, 0.2) is 0 Å². The predicted octanol–water partition coefficient (Wildman–Crippen LogP) is 1.69. The molecule has 0 saturated carbocycles. The highest BCUT2D eigenvalue weighted by molar-refractivity contribution is 7.89. The molecule has 0 amide bonds. The van der Waals surface area contributed by atoms with E-state index < -0.39 is 10.0 Å². The average Bonchev–Trinajstić information content (AvgIpc) is 2.47. The van der Waals surface area contributed by atoms with Crippen molar-refractivity contribution in [1.82, 2.24) is 9.21 Å². The minimum atomic E-state index is -3.03. The van der Waals surface area contributed by atoms with Gasteiger partial charge in [0.15, 0.2) is 0 Å². The predicted molar refractivity (Wildman–Crippen MR) is 84.9 cm³/mol. The van der Waals surface area contributed by atoms with Crippen LogP contribution in [0.25, 0.3) is 0 Å². The average molecular weight is 318 g/mol. The molecule has 0 spiro atoms. The van der Waals surface area contributed by atoms with Gasteiger partial charge in [-0.3, -0.25) is 4.90 Å². The second-order valence-electron chi connectivity index (χ2n) is 6.33. The van der Waals surface area contributed by atoms with Crippen LogP contribution in [0, 0.1) is 0 Å². The molecule has 0 aromatic carbocycles. The Hall–Kier alpha value is -0.170. The molecule has 0 radical (unpaired) electrons. The zero-order valence-corrected chi connectivity index (χ0v) is 14.3. The second kappa shape index (κ2) is 7.90. The summed E-state index contributed by atoms with van der Waals surface area (Å²) in [4.78, 5) is 2.48. The molecule has 0 aliphatic carbocycles. The van der Waals surface area contributed by atoms with Gasteiger partial charge < -0.3 is 4.74 Å². The van der Waals surface area contributed by atoms with Gasteiger partial charge in [-0.05, 0) is 26.2 Å². The molecule has 124 valence electrons. The van der Waals surface area contributed by atoms with E-state index in [1.165, 1.54) is 0 Å². The molecule has 2 fully saturated rings. The Labute approximate surface area is 129 Å². The molecule has 1 unspecified atom stereocenters. The normalized spacial score (nSPS) is 27.0. The maximum atomic E-state index is 12.3. The Morgan fingerprint density at radius 1 is 1.14 bits per heavy atom. The van der Waals surface area contributed by atoms with Gasteiger partial charge in [-0.1, -0.05) is 19.8 Å². The van der Waals surface area contributed by atoms with Crippen LogP contribution in [0.5, 0.6) is 0 Å². The summed E-state index contributed by atoms with van der Waals surface area (Å²) in [5.41, 5.74) is 0. The lowest BCUT2D eigenvalue weighted by Gasteiger charge is -2.41. The third kappa shape index (κ3) is 4.91. The molecular formula is C15H30N2O3S. The van der Waals surface area contributed by atoms with Crippen LogP contribution in [-0.2, 0) is 14.8 Å². The summed E-state index contributed by atoms with van der Waals surface area (Å²) >= 11 is 0. The monoisotopic (exact) mass is 318 g/mol. The molecule has 0 bridgehead atoms. The van der Waals surface area contributed by atoms with Gasteiger partial charge in [0.2, 0.25) is 10.0 Å². The van der Waals surface area contributed by atoms with Crippen LogP contribution < -0.4 is 0 Å². The Morgan fingerprint density at radius 3 is 2.48 bits per heavy atom. The van der Waals surface area contributed by atoms with E-state index in [9.17, 15) is 8.42 Å². The fourth-order valence-corrected chi connectivity index (χ4v) is 4.92. The lowest BCUT2D eigenvalue weighted by atomic mass is 10.0. The van der Waals surface area contributed by atoms with Gasteiger partial charge >= 0.3 is 0 Å². The summed E-state index contributed by atoms with van der Waals surface area (Å²) in [5.74, 6) is 0.320. The van der Waals surface area contributed by atoms with E-state index in [-0.39, 0.29) is 0 Å². The first kappa shape index (κ1) is 17.2. The van der Waals surface area contributed by atoms with E-state index in [2.05, 4.69) is 18.7 Å². The molecule has 2 saturated heterocycles. The van der Waals surface area contributed by atoms with Gasteiger partial charge in [-0.2, -0.15) is 0 Å². The lowest BCUT2D eigenvalue weighted by Crippen LogP contribution is -2.52. The maximum Gasteiger partial charge on any atom is 0.214 e. The Balaban J connectivity index is 1.79. The molecule has 2 heterocycles. The van der Waals surface area contributed by atoms with Crippen molar-refractivity contribution >= 4 is 10.0 Å². The number of hydrogen-bond acceptors (Lipinski definition) is 4. The largest absolute Gasteiger partial charge is 0.376 e.